The highest BCUT2D eigenvalue weighted by Gasteiger charge is 2.08. The van der Waals surface area contributed by atoms with Crippen LogP contribution >= 0.6 is 0 Å². The first-order chi connectivity index (χ1) is 12.2. The van der Waals surface area contributed by atoms with Crippen LogP contribution in [0.15, 0.2) is 48.7 Å². The average molecular weight is 337 g/mol. The first-order valence-electron chi connectivity index (χ1n) is 8.51. The van der Waals surface area contributed by atoms with Crippen molar-refractivity contribution >= 4 is 0 Å². The summed E-state index contributed by atoms with van der Waals surface area (Å²) in [6.07, 6.45) is 2.61. The van der Waals surface area contributed by atoms with E-state index in [0.29, 0.717) is 13.2 Å². The molecule has 1 unspecified atom stereocenters. The van der Waals surface area contributed by atoms with Crippen LogP contribution in [0.4, 0.5) is 0 Å². The molecule has 2 heterocycles. The summed E-state index contributed by atoms with van der Waals surface area (Å²) in [5, 5.41) is 10.6. The highest BCUT2D eigenvalue weighted by molar-refractivity contribution is 5.30. The molecule has 0 aliphatic heterocycles. The second-order valence-corrected chi connectivity index (χ2v) is 5.84. The fourth-order valence-corrected chi connectivity index (χ4v) is 2.45. The zero-order valence-corrected chi connectivity index (χ0v) is 14.6. The minimum absolute atomic E-state index is 0.175. The quantitative estimate of drug-likeness (QED) is 0.660. The first-order valence-corrected chi connectivity index (χ1v) is 8.51. The van der Waals surface area contributed by atoms with Gasteiger partial charge in [0.2, 0.25) is 0 Å². The number of aryl methyl sites for hydroxylation is 1. The number of hydrogen-bond acceptors (Lipinski definition) is 5. The Kier molecular flexibility index (Phi) is 5.74. The second-order valence-electron chi connectivity index (χ2n) is 5.84. The summed E-state index contributed by atoms with van der Waals surface area (Å²) in [5.74, 6) is 2.53. The minimum atomic E-state index is 0.175. The number of ether oxygens (including phenoxy) is 1. The van der Waals surface area contributed by atoms with Gasteiger partial charge in [0.25, 0.3) is 0 Å². The van der Waals surface area contributed by atoms with Gasteiger partial charge in [-0.25, -0.2) is 4.98 Å². The van der Waals surface area contributed by atoms with Crippen molar-refractivity contribution in [2.75, 3.05) is 0 Å². The number of H-pyrrole nitrogens is 1. The fraction of sp³-hybridized carbons (Fsp3) is 0.316. The van der Waals surface area contributed by atoms with Crippen LogP contribution in [0, 0.1) is 0 Å². The van der Waals surface area contributed by atoms with Crippen molar-refractivity contribution in [3.05, 3.63) is 71.6 Å². The van der Waals surface area contributed by atoms with E-state index in [-0.39, 0.29) is 6.04 Å². The Morgan fingerprint density at radius 1 is 1.20 bits per heavy atom. The number of pyridine rings is 1. The van der Waals surface area contributed by atoms with Crippen molar-refractivity contribution in [1.29, 1.82) is 0 Å². The molecule has 0 radical (unpaired) electrons. The minimum Gasteiger partial charge on any atom is -0.487 e. The average Bonchev–Trinajstić information content (AvgIpc) is 3.14. The predicted octanol–water partition coefficient (Wildman–Crippen LogP) is 3.19. The van der Waals surface area contributed by atoms with Gasteiger partial charge in [-0.05, 0) is 36.8 Å². The van der Waals surface area contributed by atoms with Crippen molar-refractivity contribution in [2.45, 2.75) is 39.5 Å². The van der Waals surface area contributed by atoms with Crippen molar-refractivity contribution in [1.82, 2.24) is 25.5 Å². The molecule has 3 aromatic rings. The molecule has 0 aliphatic carbocycles. The zero-order valence-electron chi connectivity index (χ0n) is 14.6. The van der Waals surface area contributed by atoms with E-state index in [2.05, 4.69) is 44.5 Å². The third kappa shape index (κ3) is 4.87. The highest BCUT2D eigenvalue weighted by atomic mass is 16.5. The molecule has 0 amide bonds. The molecule has 2 aromatic heterocycles. The van der Waals surface area contributed by atoms with E-state index in [0.717, 1.165) is 35.1 Å². The lowest BCUT2D eigenvalue weighted by Crippen LogP contribution is -2.19. The SMILES string of the molecule is CCc1n[nH]c(CNC(C)c2cccc(OCc3ccccn3)c2)n1. The van der Waals surface area contributed by atoms with E-state index < -0.39 is 0 Å². The summed E-state index contributed by atoms with van der Waals surface area (Å²) in [7, 11) is 0. The predicted molar refractivity (Wildman–Crippen MR) is 96.0 cm³/mol. The van der Waals surface area contributed by atoms with Crippen LogP contribution in [0.25, 0.3) is 0 Å². The Morgan fingerprint density at radius 2 is 2.12 bits per heavy atom. The summed E-state index contributed by atoms with van der Waals surface area (Å²) < 4.78 is 5.84. The molecule has 0 spiro atoms. The maximum Gasteiger partial charge on any atom is 0.150 e. The second kappa shape index (κ2) is 8.39. The number of aromatic amines is 1. The highest BCUT2D eigenvalue weighted by Crippen LogP contribution is 2.20. The van der Waals surface area contributed by atoms with E-state index in [9.17, 15) is 0 Å². The number of benzene rings is 1. The normalized spacial score (nSPS) is 12.1. The number of hydrogen-bond donors (Lipinski definition) is 2. The van der Waals surface area contributed by atoms with E-state index >= 15 is 0 Å². The molecule has 0 saturated heterocycles. The molecule has 2 N–H and O–H groups in total. The molecule has 130 valence electrons. The monoisotopic (exact) mass is 337 g/mol. The zero-order chi connectivity index (χ0) is 17.5. The van der Waals surface area contributed by atoms with Crippen LogP contribution in [0.5, 0.6) is 5.75 Å². The van der Waals surface area contributed by atoms with Crippen LogP contribution in [-0.4, -0.2) is 20.2 Å². The lowest BCUT2D eigenvalue weighted by atomic mass is 10.1. The van der Waals surface area contributed by atoms with Crippen LogP contribution in [-0.2, 0) is 19.6 Å². The molecule has 1 aromatic carbocycles. The van der Waals surface area contributed by atoms with E-state index in [4.69, 9.17) is 4.74 Å². The molecule has 0 saturated carbocycles. The van der Waals surface area contributed by atoms with Gasteiger partial charge >= 0.3 is 0 Å². The summed E-state index contributed by atoms with van der Waals surface area (Å²) in [4.78, 5) is 8.68. The van der Waals surface area contributed by atoms with Crippen molar-refractivity contribution in [3.8, 4) is 5.75 Å². The maximum atomic E-state index is 5.84. The van der Waals surface area contributed by atoms with Crippen molar-refractivity contribution in [3.63, 3.8) is 0 Å². The molecule has 0 fully saturated rings. The summed E-state index contributed by atoms with van der Waals surface area (Å²) in [5.41, 5.74) is 2.07. The van der Waals surface area contributed by atoms with Crippen LogP contribution < -0.4 is 10.1 Å². The Bertz CT molecular complexity index is 787. The van der Waals surface area contributed by atoms with E-state index in [1.165, 1.54) is 0 Å². The third-order valence-corrected chi connectivity index (χ3v) is 3.94. The van der Waals surface area contributed by atoms with Gasteiger partial charge in [-0.1, -0.05) is 25.1 Å². The largest absolute Gasteiger partial charge is 0.487 e. The molecule has 1 atom stereocenters. The number of aromatic nitrogens is 4. The first kappa shape index (κ1) is 17.1. The lowest BCUT2D eigenvalue weighted by Gasteiger charge is -2.14. The van der Waals surface area contributed by atoms with Crippen molar-refractivity contribution < 1.29 is 4.74 Å². The van der Waals surface area contributed by atoms with E-state index in [1.807, 2.05) is 37.3 Å². The third-order valence-electron chi connectivity index (χ3n) is 3.94. The fourth-order valence-electron chi connectivity index (χ4n) is 2.45. The topological polar surface area (TPSA) is 75.7 Å². The smallest absolute Gasteiger partial charge is 0.150 e. The molecule has 0 bridgehead atoms. The van der Waals surface area contributed by atoms with Gasteiger partial charge < -0.3 is 10.1 Å². The standard InChI is InChI=1S/C19H23N5O/c1-3-18-22-19(24-23-18)12-21-14(2)15-7-6-9-17(11-15)25-13-16-8-4-5-10-20-16/h4-11,14,21H,3,12-13H2,1-2H3,(H,22,23,24). The molecule has 25 heavy (non-hydrogen) atoms. The molecule has 3 rings (SSSR count). The van der Waals surface area contributed by atoms with Gasteiger partial charge in [0.05, 0.1) is 12.2 Å². The van der Waals surface area contributed by atoms with Gasteiger partial charge in [0.15, 0.2) is 0 Å². The Hall–Kier alpha value is -2.73. The number of rotatable bonds is 8. The molecular weight excluding hydrogens is 314 g/mol. The Balaban J connectivity index is 1.56. The molecule has 6 heteroatoms. The van der Waals surface area contributed by atoms with Crippen LogP contribution in [0.2, 0.25) is 0 Å². The van der Waals surface area contributed by atoms with Gasteiger partial charge in [-0.3, -0.25) is 10.1 Å². The summed E-state index contributed by atoms with van der Waals surface area (Å²) in [6, 6.07) is 14.1. The Morgan fingerprint density at radius 3 is 2.88 bits per heavy atom. The van der Waals surface area contributed by atoms with Gasteiger partial charge in [0.1, 0.15) is 24.0 Å². The van der Waals surface area contributed by atoms with Gasteiger partial charge in [0, 0.05) is 18.7 Å². The summed E-state index contributed by atoms with van der Waals surface area (Å²) >= 11 is 0. The number of nitrogens with one attached hydrogen (secondary N) is 2. The number of nitrogens with zero attached hydrogens (tertiary/aromatic N) is 3. The maximum absolute atomic E-state index is 5.84. The molecular formula is C19H23N5O. The van der Waals surface area contributed by atoms with Gasteiger partial charge in [-0.15, -0.1) is 0 Å². The molecule has 6 nitrogen and oxygen atoms in total. The van der Waals surface area contributed by atoms with E-state index in [1.54, 1.807) is 6.20 Å². The Labute approximate surface area is 147 Å². The lowest BCUT2D eigenvalue weighted by molar-refractivity contribution is 0.300. The summed E-state index contributed by atoms with van der Waals surface area (Å²) in [6.45, 7) is 5.27. The van der Waals surface area contributed by atoms with Crippen LogP contribution in [0.1, 0.15) is 42.8 Å². The van der Waals surface area contributed by atoms with Crippen molar-refractivity contribution in [2.24, 2.45) is 0 Å². The van der Waals surface area contributed by atoms with Gasteiger partial charge in [-0.2, -0.15) is 5.10 Å². The molecule has 0 aliphatic rings. The van der Waals surface area contributed by atoms with Crippen LogP contribution in [0.3, 0.4) is 0 Å².